The molecule has 0 saturated carbocycles. The number of rotatable bonds is 4. The van der Waals surface area contributed by atoms with Crippen LogP contribution in [0.1, 0.15) is 11.1 Å². The van der Waals surface area contributed by atoms with E-state index < -0.39 is 13.0 Å². The average Bonchev–Trinajstić information content (AvgIpc) is 2.26. The van der Waals surface area contributed by atoms with Crippen LogP contribution in [0, 0.1) is 6.92 Å². The summed E-state index contributed by atoms with van der Waals surface area (Å²) >= 11 is 0. The van der Waals surface area contributed by atoms with E-state index in [0.717, 1.165) is 0 Å². The van der Waals surface area contributed by atoms with Crippen molar-refractivity contribution in [2.24, 2.45) is 10.9 Å². The number of nitrogens with two attached hydrogens (primary N) is 1. The van der Waals surface area contributed by atoms with Gasteiger partial charge in [0.05, 0.1) is 12.1 Å². The van der Waals surface area contributed by atoms with Crippen LogP contribution in [0.2, 0.25) is 0 Å². The largest absolute Gasteiger partial charge is 0.409 e. The first-order chi connectivity index (χ1) is 7.97. The lowest BCUT2D eigenvalue weighted by molar-refractivity contribution is 0.156. The SMILES string of the molecule is Cc1ccnc(N(C)CC(F)F)c1/C(N)=N/O. The highest BCUT2D eigenvalue weighted by atomic mass is 19.3. The molecule has 0 amide bonds. The summed E-state index contributed by atoms with van der Waals surface area (Å²) in [7, 11) is 1.47. The third-order valence-corrected chi connectivity index (χ3v) is 2.28. The fourth-order valence-electron chi connectivity index (χ4n) is 1.49. The van der Waals surface area contributed by atoms with Crippen LogP contribution in [0.25, 0.3) is 0 Å². The molecule has 0 fully saturated rings. The second kappa shape index (κ2) is 5.42. The van der Waals surface area contributed by atoms with Crippen molar-refractivity contribution < 1.29 is 14.0 Å². The van der Waals surface area contributed by atoms with Crippen LogP contribution in [0.3, 0.4) is 0 Å². The van der Waals surface area contributed by atoms with Gasteiger partial charge in [-0.2, -0.15) is 0 Å². The van der Waals surface area contributed by atoms with Gasteiger partial charge in [-0.15, -0.1) is 0 Å². The van der Waals surface area contributed by atoms with Gasteiger partial charge >= 0.3 is 0 Å². The molecule has 1 rings (SSSR count). The molecule has 0 aromatic carbocycles. The van der Waals surface area contributed by atoms with Crippen molar-refractivity contribution in [3.05, 3.63) is 23.4 Å². The number of alkyl halides is 2. The summed E-state index contributed by atoms with van der Waals surface area (Å²) in [4.78, 5) is 5.25. The minimum absolute atomic E-state index is 0.147. The fourth-order valence-corrected chi connectivity index (χ4v) is 1.49. The van der Waals surface area contributed by atoms with Crippen molar-refractivity contribution >= 4 is 11.7 Å². The quantitative estimate of drug-likeness (QED) is 0.361. The van der Waals surface area contributed by atoms with Crippen LogP contribution in [0.4, 0.5) is 14.6 Å². The molecule has 17 heavy (non-hydrogen) atoms. The number of aromatic nitrogens is 1. The van der Waals surface area contributed by atoms with Crippen LogP contribution in [-0.2, 0) is 0 Å². The maximum Gasteiger partial charge on any atom is 0.255 e. The third kappa shape index (κ3) is 3.02. The number of halogens is 2. The predicted molar refractivity (Wildman–Crippen MR) is 60.8 cm³/mol. The second-order valence-corrected chi connectivity index (χ2v) is 3.58. The molecule has 94 valence electrons. The molecule has 0 atom stereocenters. The maximum absolute atomic E-state index is 12.3. The molecule has 0 aliphatic rings. The number of anilines is 1. The molecule has 0 aliphatic heterocycles. The molecule has 7 heteroatoms. The zero-order chi connectivity index (χ0) is 13.0. The molecule has 1 aromatic rings. The van der Waals surface area contributed by atoms with Gasteiger partial charge in [0.2, 0.25) is 0 Å². The first kappa shape index (κ1) is 13.1. The van der Waals surface area contributed by atoms with E-state index in [1.807, 2.05) is 0 Å². The van der Waals surface area contributed by atoms with Crippen molar-refractivity contribution in [2.45, 2.75) is 13.3 Å². The van der Waals surface area contributed by atoms with E-state index in [-0.39, 0.29) is 11.7 Å². The van der Waals surface area contributed by atoms with Crippen molar-refractivity contribution in [1.29, 1.82) is 0 Å². The Bertz CT molecular complexity index is 423. The Balaban J connectivity index is 3.19. The van der Waals surface area contributed by atoms with E-state index >= 15 is 0 Å². The Hall–Kier alpha value is -1.92. The molecular weight excluding hydrogens is 230 g/mol. The summed E-state index contributed by atoms with van der Waals surface area (Å²) in [5, 5.41) is 11.6. The Morgan fingerprint density at radius 2 is 2.29 bits per heavy atom. The van der Waals surface area contributed by atoms with Crippen LogP contribution in [0.15, 0.2) is 17.4 Å². The van der Waals surface area contributed by atoms with E-state index in [4.69, 9.17) is 10.9 Å². The molecular formula is C10H14F2N4O. The molecule has 0 saturated heterocycles. The number of amidine groups is 1. The van der Waals surface area contributed by atoms with Crippen molar-refractivity contribution in [3.8, 4) is 0 Å². The van der Waals surface area contributed by atoms with Gasteiger partial charge in [-0.3, -0.25) is 0 Å². The van der Waals surface area contributed by atoms with Crippen LogP contribution >= 0.6 is 0 Å². The normalized spacial score (nSPS) is 11.9. The zero-order valence-electron chi connectivity index (χ0n) is 9.56. The number of hydrogen-bond acceptors (Lipinski definition) is 4. The van der Waals surface area contributed by atoms with Crippen LogP contribution < -0.4 is 10.6 Å². The summed E-state index contributed by atoms with van der Waals surface area (Å²) in [6.45, 7) is 1.26. The minimum Gasteiger partial charge on any atom is -0.409 e. The van der Waals surface area contributed by atoms with Crippen LogP contribution in [-0.4, -0.2) is 36.0 Å². The van der Waals surface area contributed by atoms with E-state index in [9.17, 15) is 8.78 Å². The minimum atomic E-state index is -2.48. The molecule has 0 spiro atoms. The Labute approximate surface area is 97.6 Å². The summed E-state index contributed by atoms with van der Waals surface area (Å²) in [6.07, 6.45) is -0.997. The van der Waals surface area contributed by atoms with Crippen molar-refractivity contribution in [2.75, 3.05) is 18.5 Å². The molecule has 1 aromatic heterocycles. The van der Waals surface area contributed by atoms with Gasteiger partial charge in [0.25, 0.3) is 6.43 Å². The predicted octanol–water partition coefficient (Wildman–Crippen LogP) is 1.19. The first-order valence-electron chi connectivity index (χ1n) is 4.90. The Morgan fingerprint density at radius 1 is 1.65 bits per heavy atom. The molecule has 0 bridgehead atoms. The topological polar surface area (TPSA) is 74.7 Å². The van der Waals surface area contributed by atoms with Gasteiger partial charge in [-0.05, 0) is 18.6 Å². The van der Waals surface area contributed by atoms with Crippen molar-refractivity contribution in [3.63, 3.8) is 0 Å². The molecule has 0 radical (unpaired) electrons. The molecule has 1 heterocycles. The zero-order valence-corrected chi connectivity index (χ0v) is 9.56. The van der Waals surface area contributed by atoms with E-state index in [1.54, 1.807) is 13.0 Å². The highest BCUT2D eigenvalue weighted by Crippen LogP contribution is 2.20. The highest BCUT2D eigenvalue weighted by molar-refractivity contribution is 6.02. The molecule has 5 nitrogen and oxygen atoms in total. The lowest BCUT2D eigenvalue weighted by Crippen LogP contribution is -2.29. The smallest absolute Gasteiger partial charge is 0.255 e. The lowest BCUT2D eigenvalue weighted by Gasteiger charge is -2.21. The summed E-state index contributed by atoms with van der Waals surface area (Å²) in [5.74, 6) is 0.118. The number of nitrogens with zero attached hydrogens (tertiary/aromatic N) is 3. The maximum atomic E-state index is 12.3. The summed E-state index contributed by atoms with van der Waals surface area (Å²) < 4.78 is 24.6. The third-order valence-electron chi connectivity index (χ3n) is 2.28. The summed E-state index contributed by atoms with van der Waals surface area (Å²) in [6, 6.07) is 1.66. The lowest BCUT2D eigenvalue weighted by atomic mass is 10.1. The van der Waals surface area contributed by atoms with Gasteiger partial charge in [-0.25, -0.2) is 13.8 Å². The second-order valence-electron chi connectivity index (χ2n) is 3.58. The average molecular weight is 244 g/mol. The standard InChI is InChI=1S/C10H14F2N4O/c1-6-3-4-14-10(8(6)9(13)15-17)16(2)5-7(11)12/h3-4,7,17H,5H2,1-2H3,(H2,13,15). The number of pyridine rings is 1. The molecule has 3 N–H and O–H groups in total. The highest BCUT2D eigenvalue weighted by Gasteiger charge is 2.17. The van der Waals surface area contributed by atoms with Gasteiger partial charge < -0.3 is 15.8 Å². The monoisotopic (exact) mass is 244 g/mol. The van der Waals surface area contributed by atoms with Gasteiger partial charge in [0, 0.05) is 13.2 Å². The van der Waals surface area contributed by atoms with E-state index in [1.165, 1.54) is 18.1 Å². The fraction of sp³-hybridized carbons (Fsp3) is 0.400. The van der Waals surface area contributed by atoms with E-state index in [2.05, 4.69) is 10.1 Å². The number of oxime groups is 1. The van der Waals surface area contributed by atoms with Gasteiger partial charge in [0.15, 0.2) is 5.84 Å². The molecule has 0 unspecified atom stereocenters. The van der Waals surface area contributed by atoms with Gasteiger partial charge in [0.1, 0.15) is 5.82 Å². The first-order valence-corrected chi connectivity index (χ1v) is 4.90. The molecule has 0 aliphatic carbocycles. The Morgan fingerprint density at radius 3 is 2.82 bits per heavy atom. The number of aryl methyl sites for hydroxylation is 1. The number of hydrogen-bond donors (Lipinski definition) is 2. The Kier molecular flexibility index (Phi) is 4.19. The van der Waals surface area contributed by atoms with E-state index in [0.29, 0.717) is 11.1 Å². The summed E-state index contributed by atoms with van der Waals surface area (Å²) in [5.41, 5.74) is 6.57. The van der Waals surface area contributed by atoms with Gasteiger partial charge in [-0.1, -0.05) is 5.16 Å². The van der Waals surface area contributed by atoms with Crippen LogP contribution in [0.5, 0.6) is 0 Å². The van der Waals surface area contributed by atoms with Crippen molar-refractivity contribution in [1.82, 2.24) is 4.98 Å².